The van der Waals surface area contributed by atoms with Crippen LogP contribution in [-0.2, 0) is 14.8 Å². The van der Waals surface area contributed by atoms with Crippen LogP contribution in [0.1, 0.15) is 10.5 Å². The van der Waals surface area contributed by atoms with Gasteiger partial charge in [0.2, 0.25) is 10.0 Å². The minimum absolute atomic E-state index is 0.0177. The lowest BCUT2D eigenvalue weighted by atomic mass is 10.2. The van der Waals surface area contributed by atoms with E-state index in [4.69, 9.17) is 0 Å². The highest BCUT2D eigenvalue weighted by Gasteiger charge is 2.33. The number of hydrogen-bond acceptors (Lipinski definition) is 6. The van der Waals surface area contributed by atoms with Gasteiger partial charge in [0.15, 0.2) is 0 Å². The van der Waals surface area contributed by atoms with Crippen LogP contribution < -0.4 is 0 Å². The van der Waals surface area contributed by atoms with Crippen molar-refractivity contribution in [3.8, 4) is 0 Å². The van der Waals surface area contributed by atoms with Crippen LogP contribution in [0.15, 0.2) is 17.2 Å². The average molecular weight is 317 g/mol. The van der Waals surface area contributed by atoms with Gasteiger partial charge in [-0.25, -0.2) is 13.2 Å². The normalized spacial score (nSPS) is 21.4. The van der Waals surface area contributed by atoms with E-state index in [0.29, 0.717) is 13.1 Å². The number of carbonyl (C=O) groups excluding carboxylic acids is 1. The lowest BCUT2D eigenvalue weighted by Gasteiger charge is -2.37. The summed E-state index contributed by atoms with van der Waals surface area (Å²) in [5.41, 5.74) is 0.0870. The second kappa shape index (κ2) is 6.14. The highest BCUT2D eigenvalue weighted by atomic mass is 32.2. The summed E-state index contributed by atoms with van der Waals surface area (Å²) in [6.07, 6.45) is 1.27. The van der Waals surface area contributed by atoms with Gasteiger partial charge in [-0.15, -0.1) is 0 Å². The number of methoxy groups -OCH3 is 1. The third-order valence-corrected chi connectivity index (χ3v) is 5.49. The Labute approximate surface area is 123 Å². The molecule has 1 aliphatic heterocycles. The summed E-state index contributed by atoms with van der Waals surface area (Å²) in [7, 11) is -0.623. The zero-order valence-corrected chi connectivity index (χ0v) is 12.8. The average Bonchev–Trinajstić information content (AvgIpc) is 2.97. The number of aliphatic hydroxyl groups excluding tert-OH is 1. The number of aliphatic hydroxyl groups is 1. The molecule has 0 amide bonds. The lowest BCUT2D eigenvalue weighted by molar-refractivity contribution is 0.0594. The van der Waals surface area contributed by atoms with E-state index in [1.807, 2.05) is 11.9 Å². The van der Waals surface area contributed by atoms with Crippen molar-refractivity contribution in [3.05, 3.63) is 18.0 Å². The molecule has 0 saturated carbocycles. The number of aromatic amines is 1. The molecule has 2 heterocycles. The summed E-state index contributed by atoms with van der Waals surface area (Å²) < 4.78 is 30.9. The number of rotatable bonds is 4. The van der Waals surface area contributed by atoms with E-state index < -0.39 is 16.0 Å². The van der Waals surface area contributed by atoms with Gasteiger partial charge in [-0.1, -0.05) is 0 Å². The van der Waals surface area contributed by atoms with Crippen molar-refractivity contribution in [2.24, 2.45) is 0 Å². The highest BCUT2D eigenvalue weighted by molar-refractivity contribution is 7.89. The third-order valence-electron chi connectivity index (χ3n) is 3.65. The van der Waals surface area contributed by atoms with Gasteiger partial charge in [0, 0.05) is 31.9 Å². The maximum atomic E-state index is 12.5. The van der Waals surface area contributed by atoms with Gasteiger partial charge in [0.25, 0.3) is 0 Å². The second-order valence-corrected chi connectivity index (χ2v) is 6.86. The predicted molar refractivity (Wildman–Crippen MR) is 74.4 cm³/mol. The number of esters is 1. The summed E-state index contributed by atoms with van der Waals surface area (Å²) in [4.78, 5) is 15.9. The topological polar surface area (TPSA) is 103 Å². The smallest absolute Gasteiger partial charge is 0.354 e. The molecule has 0 spiro atoms. The molecule has 9 heteroatoms. The minimum atomic E-state index is -3.69. The van der Waals surface area contributed by atoms with Gasteiger partial charge in [-0.3, -0.25) is 4.90 Å². The Morgan fingerprint density at radius 3 is 2.86 bits per heavy atom. The Kier molecular flexibility index (Phi) is 4.67. The van der Waals surface area contributed by atoms with Gasteiger partial charge >= 0.3 is 5.97 Å². The molecular formula is C12H19N3O5S. The van der Waals surface area contributed by atoms with Crippen LogP contribution in [0.4, 0.5) is 0 Å². The molecule has 21 heavy (non-hydrogen) atoms. The maximum Gasteiger partial charge on any atom is 0.354 e. The molecule has 1 unspecified atom stereocenters. The van der Waals surface area contributed by atoms with Crippen molar-refractivity contribution in [3.63, 3.8) is 0 Å². The number of likely N-dealkylation sites (N-methyl/N-ethyl adjacent to an activating group) is 1. The fraction of sp³-hybridized carbons (Fsp3) is 0.583. The predicted octanol–water partition coefficient (Wildman–Crippen LogP) is -0.902. The molecule has 2 N–H and O–H groups in total. The van der Waals surface area contributed by atoms with Crippen molar-refractivity contribution in [2.75, 3.05) is 40.4 Å². The fourth-order valence-corrected chi connectivity index (χ4v) is 3.70. The molecule has 1 atom stereocenters. The zero-order valence-electron chi connectivity index (χ0n) is 11.9. The van der Waals surface area contributed by atoms with Crippen LogP contribution in [0, 0.1) is 0 Å². The largest absolute Gasteiger partial charge is 0.464 e. The summed E-state index contributed by atoms with van der Waals surface area (Å²) in [6.45, 7) is 0.990. The summed E-state index contributed by atoms with van der Waals surface area (Å²) in [5, 5.41) is 9.29. The number of nitrogens with one attached hydrogen (secondary N) is 1. The number of hydrogen-bond donors (Lipinski definition) is 2. The number of aromatic nitrogens is 1. The first-order valence-electron chi connectivity index (χ1n) is 6.48. The molecule has 118 valence electrons. The fourth-order valence-electron chi connectivity index (χ4n) is 2.23. The van der Waals surface area contributed by atoms with Crippen LogP contribution in [0.5, 0.6) is 0 Å². The van der Waals surface area contributed by atoms with Crippen molar-refractivity contribution < 1.29 is 23.1 Å². The highest BCUT2D eigenvalue weighted by Crippen LogP contribution is 2.20. The van der Waals surface area contributed by atoms with Crippen molar-refractivity contribution in [2.45, 2.75) is 10.9 Å². The third kappa shape index (κ3) is 3.10. The monoisotopic (exact) mass is 317 g/mol. The number of carbonyl (C=O) groups is 1. The van der Waals surface area contributed by atoms with E-state index in [2.05, 4.69) is 9.72 Å². The maximum absolute atomic E-state index is 12.5. The van der Waals surface area contributed by atoms with Crippen LogP contribution in [0.3, 0.4) is 0 Å². The zero-order chi connectivity index (χ0) is 15.6. The summed E-state index contributed by atoms with van der Waals surface area (Å²) in [6, 6.07) is 1.03. The molecule has 1 saturated heterocycles. The molecule has 1 aromatic heterocycles. The molecular weight excluding hydrogens is 298 g/mol. The first-order valence-corrected chi connectivity index (χ1v) is 7.92. The van der Waals surface area contributed by atoms with E-state index in [0.717, 1.165) is 0 Å². The van der Waals surface area contributed by atoms with E-state index in [-0.39, 0.29) is 29.8 Å². The molecule has 0 aromatic carbocycles. The van der Waals surface area contributed by atoms with Crippen molar-refractivity contribution in [1.82, 2.24) is 14.2 Å². The van der Waals surface area contributed by atoms with E-state index in [1.165, 1.54) is 23.7 Å². The number of nitrogens with zero attached hydrogens (tertiary/aromatic N) is 2. The Bertz CT molecular complexity index is 612. The first-order chi connectivity index (χ1) is 9.90. The van der Waals surface area contributed by atoms with E-state index in [1.54, 1.807) is 0 Å². The summed E-state index contributed by atoms with van der Waals surface area (Å²) in [5.74, 6) is -0.622. The van der Waals surface area contributed by atoms with E-state index >= 15 is 0 Å². The Morgan fingerprint density at radius 2 is 2.24 bits per heavy atom. The minimum Gasteiger partial charge on any atom is -0.464 e. The van der Waals surface area contributed by atoms with Crippen molar-refractivity contribution >= 4 is 16.0 Å². The van der Waals surface area contributed by atoms with E-state index in [9.17, 15) is 18.3 Å². The second-order valence-electron chi connectivity index (χ2n) is 4.92. The number of H-pyrrole nitrogens is 1. The first kappa shape index (κ1) is 16.0. The Balaban J connectivity index is 2.22. The molecule has 0 aliphatic carbocycles. The lowest BCUT2D eigenvalue weighted by Crippen LogP contribution is -2.54. The standard InChI is InChI=1S/C12H19N3O5S/c1-14-3-4-15(7-9(14)8-16)21(18,19)10-5-11(13-6-10)12(17)20-2/h5-6,9,13,16H,3-4,7-8H2,1-2H3. The molecule has 0 bridgehead atoms. The van der Waals surface area contributed by atoms with Gasteiger partial charge in [0.05, 0.1) is 13.7 Å². The molecule has 1 aromatic rings. The molecule has 8 nitrogen and oxygen atoms in total. The van der Waals surface area contributed by atoms with Gasteiger partial charge in [0.1, 0.15) is 10.6 Å². The van der Waals surface area contributed by atoms with Crippen LogP contribution in [0.2, 0.25) is 0 Å². The molecule has 0 radical (unpaired) electrons. The Hall–Kier alpha value is -1.42. The quantitative estimate of drug-likeness (QED) is 0.698. The van der Waals surface area contributed by atoms with Crippen LogP contribution in [0.25, 0.3) is 0 Å². The van der Waals surface area contributed by atoms with Crippen LogP contribution in [-0.4, -0.2) is 80.1 Å². The van der Waals surface area contributed by atoms with Gasteiger partial charge in [-0.2, -0.15) is 4.31 Å². The number of ether oxygens (including phenoxy) is 1. The molecule has 2 rings (SSSR count). The number of piperazine rings is 1. The number of sulfonamides is 1. The van der Waals surface area contributed by atoms with Gasteiger partial charge in [-0.05, 0) is 13.1 Å². The summed E-state index contributed by atoms with van der Waals surface area (Å²) >= 11 is 0. The SMILES string of the molecule is COC(=O)c1cc(S(=O)(=O)N2CCN(C)C(CO)C2)c[nH]1. The molecule has 1 aliphatic rings. The van der Waals surface area contributed by atoms with Crippen molar-refractivity contribution in [1.29, 1.82) is 0 Å². The van der Waals surface area contributed by atoms with Gasteiger partial charge < -0.3 is 14.8 Å². The Morgan fingerprint density at radius 1 is 1.52 bits per heavy atom. The molecule has 1 fully saturated rings. The van der Waals surface area contributed by atoms with Crippen LogP contribution >= 0.6 is 0 Å².